The van der Waals surface area contributed by atoms with Gasteiger partial charge >= 0.3 is 5.97 Å². The minimum absolute atomic E-state index is 0.199. The van der Waals surface area contributed by atoms with E-state index >= 15 is 0 Å². The molecule has 2 rings (SSSR count). The maximum Gasteiger partial charge on any atom is 0.349 e. The topological polar surface area (TPSA) is 85.6 Å². The Morgan fingerprint density at radius 1 is 0.963 bits per heavy atom. The first-order valence-corrected chi connectivity index (χ1v) is 8.13. The minimum atomic E-state index is -1.03. The van der Waals surface area contributed by atoms with Gasteiger partial charge < -0.3 is 14.2 Å². The molecule has 0 N–H and O–H groups in total. The zero-order chi connectivity index (χ0) is 19.8. The van der Waals surface area contributed by atoms with Crippen molar-refractivity contribution in [2.24, 2.45) is 0 Å². The highest BCUT2D eigenvalue weighted by atomic mass is 16.5. The fraction of sp³-hybridized carbons (Fsp3) is 0.190. The molecule has 2 aromatic carbocycles. The van der Waals surface area contributed by atoms with E-state index in [-0.39, 0.29) is 11.4 Å². The molecule has 0 saturated heterocycles. The van der Waals surface area contributed by atoms with E-state index < -0.39 is 12.1 Å². The van der Waals surface area contributed by atoms with Crippen LogP contribution in [0.25, 0.3) is 6.08 Å². The van der Waals surface area contributed by atoms with Crippen molar-refractivity contribution in [1.29, 1.82) is 5.26 Å². The van der Waals surface area contributed by atoms with Crippen molar-refractivity contribution in [2.75, 3.05) is 14.2 Å². The highest BCUT2D eigenvalue weighted by molar-refractivity contribution is 6.03. The van der Waals surface area contributed by atoms with Crippen LogP contribution in [-0.2, 0) is 9.53 Å². The van der Waals surface area contributed by atoms with Gasteiger partial charge in [0.05, 0.1) is 14.2 Å². The number of ether oxygens (including phenoxy) is 3. The van der Waals surface area contributed by atoms with Crippen LogP contribution < -0.4 is 9.47 Å². The summed E-state index contributed by atoms with van der Waals surface area (Å²) in [6.07, 6.45) is 0.366. The van der Waals surface area contributed by atoms with Crippen LogP contribution in [0.2, 0.25) is 0 Å². The Kier molecular flexibility index (Phi) is 6.73. The number of ketones is 1. The lowest BCUT2D eigenvalue weighted by atomic mass is 10.1. The smallest absolute Gasteiger partial charge is 0.349 e. The summed E-state index contributed by atoms with van der Waals surface area (Å²) < 4.78 is 15.3. The molecule has 0 heterocycles. The largest absolute Gasteiger partial charge is 0.497 e. The average Bonchev–Trinajstić information content (AvgIpc) is 2.71. The quantitative estimate of drug-likeness (QED) is 0.323. The molecule has 1 atom stereocenters. The third-order valence-corrected chi connectivity index (χ3v) is 3.79. The van der Waals surface area contributed by atoms with E-state index in [1.54, 1.807) is 61.7 Å². The Hall–Kier alpha value is -3.59. The van der Waals surface area contributed by atoms with E-state index in [0.29, 0.717) is 22.6 Å². The van der Waals surface area contributed by atoms with Crippen molar-refractivity contribution in [3.05, 3.63) is 65.2 Å². The van der Waals surface area contributed by atoms with Crippen molar-refractivity contribution < 1.29 is 23.8 Å². The molecule has 6 nitrogen and oxygen atoms in total. The number of hydrogen-bond acceptors (Lipinski definition) is 6. The van der Waals surface area contributed by atoms with E-state index in [9.17, 15) is 14.9 Å². The molecule has 0 amide bonds. The Bertz CT molecular complexity index is 876. The number of hydrogen-bond donors (Lipinski definition) is 0. The van der Waals surface area contributed by atoms with E-state index in [1.165, 1.54) is 20.1 Å². The lowest BCUT2D eigenvalue weighted by molar-refractivity contribution is -0.141. The first-order valence-electron chi connectivity index (χ1n) is 8.13. The van der Waals surface area contributed by atoms with Crippen LogP contribution in [0.15, 0.2) is 54.1 Å². The van der Waals surface area contributed by atoms with E-state index in [2.05, 4.69) is 0 Å². The summed E-state index contributed by atoms with van der Waals surface area (Å²) in [6.45, 7) is 1.47. The molecule has 0 aliphatic rings. The number of benzene rings is 2. The van der Waals surface area contributed by atoms with Crippen molar-refractivity contribution in [3.63, 3.8) is 0 Å². The van der Waals surface area contributed by atoms with E-state index in [0.717, 1.165) is 0 Å². The van der Waals surface area contributed by atoms with Crippen LogP contribution in [0.1, 0.15) is 22.8 Å². The summed E-state index contributed by atoms with van der Waals surface area (Å²) in [7, 11) is 3.07. The summed E-state index contributed by atoms with van der Waals surface area (Å²) in [4.78, 5) is 24.6. The highest BCUT2D eigenvalue weighted by Crippen LogP contribution is 2.16. The number of methoxy groups -OCH3 is 2. The van der Waals surface area contributed by atoms with E-state index in [4.69, 9.17) is 14.2 Å². The molecule has 0 fully saturated rings. The molecule has 6 heteroatoms. The van der Waals surface area contributed by atoms with Crippen LogP contribution >= 0.6 is 0 Å². The summed E-state index contributed by atoms with van der Waals surface area (Å²) in [6, 6.07) is 15.1. The summed E-state index contributed by atoms with van der Waals surface area (Å²) in [5.74, 6) is 0.0488. The molecule has 0 aliphatic carbocycles. The molecular weight excluding hydrogens is 346 g/mol. The second-order valence-electron chi connectivity index (χ2n) is 5.58. The third-order valence-electron chi connectivity index (χ3n) is 3.79. The number of nitrogens with zero attached hydrogens (tertiary/aromatic N) is 1. The van der Waals surface area contributed by atoms with Crippen molar-refractivity contribution in [2.45, 2.75) is 13.0 Å². The molecule has 2 aromatic rings. The molecule has 138 valence electrons. The molecule has 27 heavy (non-hydrogen) atoms. The standard InChI is InChI=1S/C21H19NO5/c1-14(20(23)16-6-10-19(26-3)11-7-16)27-21(24)17(13-22)12-15-4-8-18(25-2)9-5-15/h4-12,14H,1-3H3/b17-12+/t14-/m1/s1. The van der Waals surface area contributed by atoms with Crippen LogP contribution in [0.5, 0.6) is 11.5 Å². The predicted molar refractivity (Wildman–Crippen MR) is 99.5 cm³/mol. The lowest BCUT2D eigenvalue weighted by Gasteiger charge is -2.12. The molecule has 0 aromatic heterocycles. The molecule has 0 bridgehead atoms. The molecular formula is C21H19NO5. The Labute approximate surface area is 157 Å². The van der Waals surface area contributed by atoms with Gasteiger partial charge in [-0.05, 0) is 55.0 Å². The SMILES string of the molecule is COc1ccc(/C=C(\C#N)C(=O)O[C@H](C)C(=O)c2ccc(OC)cc2)cc1. The highest BCUT2D eigenvalue weighted by Gasteiger charge is 2.21. The zero-order valence-electron chi connectivity index (χ0n) is 15.3. The monoisotopic (exact) mass is 365 g/mol. The van der Waals surface area contributed by atoms with Gasteiger partial charge in [0.2, 0.25) is 5.78 Å². The Balaban J connectivity index is 2.08. The summed E-state index contributed by atoms with van der Waals surface area (Å²) in [5.41, 5.74) is 0.821. The lowest BCUT2D eigenvalue weighted by Crippen LogP contribution is -2.25. The molecule has 0 unspecified atom stereocenters. The fourth-order valence-corrected chi connectivity index (χ4v) is 2.27. The number of Topliss-reactive ketones (excluding diaryl/α,β-unsaturated/α-hetero) is 1. The van der Waals surface area contributed by atoms with Gasteiger partial charge in [0.25, 0.3) is 0 Å². The molecule has 0 radical (unpaired) electrons. The minimum Gasteiger partial charge on any atom is -0.497 e. The van der Waals surface area contributed by atoms with Crippen LogP contribution in [0.4, 0.5) is 0 Å². The van der Waals surface area contributed by atoms with Crippen molar-refractivity contribution in [1.82, 2.24) is 0 Å². The van der Waals surface area contributed by atoms with Crippen LogP contribution in [0.3, 0.4) is 0 Å². The second-order valence-corrected chi connectivity index (χ2v) is 5.58. The number of carbonyl (C=O) groups excluding carboxylic acids is 2. The molecule has 0 saturated carbocycles. The summed E-state index contributed by atoms with van der Waals surface area (Å²) in [5, 5.41) is 9.24. The van der Waals surface area contributed by atoms with Crippen molar-refractivity contribution >= 4 is 17.8 Å². The van der Waals surface area contributed by atoms with Gasteiger partial charge in [-0.2, -0.15) is 5.26 Å². The van der Waals surface area contributed by atoms with Gasteiger partial charge in [0.15, 0.2) is 6.10 Å². The fourth-order valence-electron chi connectivity index (χ4n) is 2.27. The molecule has 0 spiro atoms. The maximum absolute atomic E-state index is 12.4. The summed E-state index contributed by atoms with van der Waals surface area (Å²) >= 11 is 0. The zero-order valence-corrected chi connectivity index (χ0v) is 15.3. The van der Waals surface area contributed by atoms with Crippen molar-refractivity contribution in [3.8, 4) is 17.6 Å². The van der Waals surface area contributed by atoms with Gasteiger partial charge in [0.1, 0.15) is 23.1 Å². The normalized spacial score (nSPS) is 11.9. The van der Waals surface area contributed by atoms with Crippen LogP contribution in [-0.4, -0.2) is 32.1 Å². The Morgan fingerprint density at radius 2 is 1.48 bits per heavy atom. The number of esters is 1. The average molecular weight is 365 g/mol. The van der Waals surface area contributed by atoms with Gasteiger partial charge in [0, 0.05) is 5.56 Å². The van der Waals surface area contributed by atoms with Gasteiger partial charge in [-0.3, -0.25) is 4.79 Å². The van der Waals surface area contributed by atoms with Gasteiger partial charge in [-0.1, -0.05) is 12.1 Å². The van der Waals surface area contributed by atoms with Gasteiger partial charge in [-0.15, -0.1) is 0 Å². The number of nitriles is 1. The first kappa shape index (κ1) is 19.7. The van der Waals surface area contributed by atoms with E-state index in [1.807, 2.05) is 0 Å². The first-order chi connectivity index (χ1) is 13.0. The number of carbonyl (C=O) groups is 2. The third kappa shape index (κ3) is 5.19. The van der Waals surface area contributed by atoms with Crippen LogP contribution in [0, 0.1) is 11.3 Å². The maximum atomic E-state index is 12.4. The molecule has 0 aliphatic heterocycles. The van der Waals surface area contributed by atoms with Gasteiger partial charge in [-0.25, -0.2) is 4.79 Å². The predicted octanol–water partition coefficient (Wildman–Crippen LogP) is 3.43. The second kappa shape index (κ2) is 9.20. The number of rotatable bonds is 7. The Morgan fingerprint density at radius 3 is 1.96 bits per heavy atom.